The van der Waals surface area contributed by atoms with Gasteiger partial charge in [-0.3, -0.25) is 24.4 Å². The smallest absolute Gasteiger partial charge is 0.167 e. The number of rotatable bonds is 18. The summed E-state index contributed by atoms with van der Waals surface area (Å²) >= 11 is 9.72. The van der Waals surface area contributed by atoms with Crippen LogP contribution >= 0.6 is 68.0 Å². The second-order valence-corrected chi connectivity index (χ2v) is 37.8. The summed E-state index contributed by atoms with van der Waals surface area (Å²) in [5, 5.41) is 35.5. The minimum Gasteiger partial charge on any atom is -0.460 e. The van der Waals surface area contributed by atoms with Crippen LogP contribution in [0.3, 0.4) is 0 Å². The van der Waals surface area contributed by atoms with Crippen LogP contribution in [0.5, 0.6) is 0 Å². The van der Waals surface area contributed by atoms with Crippen molar-refractivity contribution < 1.29 is 9.52 Å². The number of furan rings is 1. The van der Waals surface area contributed by atoms with Gasteiger partial charge in [0.25, 0.3) is 0 Å². The molecular weight excluding hydrogens is 1830 g/mol. The summed E-state index contributed by atoms with van der Waals surface area (Å²) in [6.07, 6.45) is 25.4. The van der Waals surface area contributed by atoms with Crippen LogP contribution in [-0.4, -0.2) is 179 Å². The first-order valence-corrected chi connectivity index (χ1v) is 48.8. The van der Waals surface area contributed by atoms with Crippen molar-refractivity contribution >= 4 is 155 Å². The van der Waals surface area contributed by atoms with Crippen LogP contribution in [0, 0.1) is 41.5 Å². The van der Waals surface area contributed by atoms with Gasteiger partial charge in [-0.05, 0) is 156 Å². The fourth-order valence-corrected chi connectivity index (χ4v) is 23.1. The third-order valence-corrected chi connectivity index (χ3v) is 29.1. The zero-order chi connectivity index (χ0) is 92.7. The van der Waals surface area contributed by atoms with E-state index in [0.717, 1.165) is 241 Å². The lowest BCUT2D eigenvalue weighted by atomic mass is 10.1. The number of aromatic nitrogens is 19. The molecule has 0 saturated carbocycles. The van der Waals surface area contributed by atoms with Crippen molar-refractivity contribution in [3.05, 3.63) is 302 Å². The van der Waals surface area contributed by atoms with E-state index in [0.29, 0.717) is 38.6 Å². The number of H-pyrrole nitrogens is 2. The number of benzene rings is 2. The molecular formula is C101H80N28O2S6. The van der Waals surface area contributed by atoms with Crippen LogP contribution in [0.4, 0.5) is 0 Å². The molecule has 0 radical (unpaired) electrons. The molecule has 26 rings (SSSR count). The number of aliphatic hydroxyl groups is 1. The molecule has 36 heteroatoms. The largest absolute Gasteiger partial charge is 0.460 e. The number of hydrogen-bond donors (Lipinski definition) is 4. The Morgan fingerprint density at radius 1 is 0.416 bits per heavy atom. The Bertz CT molecular complexity index is 8580. The zero-order valence-electron chi connectivity index (χ0n) is 74.3. The van der Waals surface area contributed by atoms with E-state index < -0.39 is 0 Å². The Morgan fingerprint density at radius 3 is 1.36 bits per heavy atom. The summed E-state index contributed by atoms with van der Waals surface area (Å²) in [5.74, 6) is 5.35. The Morgan fingerprint density at radius 2 is 0.883 bits per heavy atom. The molecule has 0 fully saturated rings. The van der Waals surface area contributed by atoms with Crippen molar-refractivity contribution in [2.45, 2.75) is 54.6 Å². The number of fused-ring (bicyclic) bond motifs is 6. The van der Waals surface area contributed by atoms with Gasteiger partial charge in [-0.15, -0.1) is 68.0 Å². The Kier molecular flexibility index (Phi) is 23.8. The van der Waals surface area contributed by atoms with E-state index in [1.54, 1.807) is 74.2 Å². The maximum absolute atomic E-state index is 9.33. The fourth-order valence-electron chi connectivity index (χ4n) is 16.6. The number of nitrogens with two attached hydrogens (primary N) is 1. The highest BCUT2D eigenvalue weighted by atomic mass is 32.1. The molecule has 0 spiro atoms. The van der Waals surface area contributed by atoms with Crippen molar-refractivity contribution in [2.24, 2.45) is 45.7 Å². The topological polar surface area (TPSA) is 367 Å². The van der Waals surface area contributed by atoms with Crippen LogP contribution < -0.4 is 5.73 Å². The molecule has 30 nitrogen and oxygen atoms in total. The number of thiophene rings is 1. The van der Waals surface area contributed by atoms with Crippen molar-refractivity contribution in [1.82, 2.24) is 92.7 Å². The number of aryl methyl sites for hydroxylation is 6. The number of nitrogens with one attached hydrogen (secondary N) is 2. The summed E-state index contributed by atoms with van der Waals surface area (Å²) in [6.45, 7) is 15.1. The third kappa shape index (κ3) is 17.0. The predicted molar refractivity (Wildman–Crippen MR) is 553 cm³/mol. The molecule has 22 aromatic rings. The maximum Gasteiger partial charge on any atom is 0.167 e. The van der Waals surface area contributed by atoms with Crippen molar-refractivity contribution in [3.63, 3.8) is 0 Å². The normalized spacial score (nSPS) is 13.1. The summed E-state index contributed by atoms with van der Waals surface area (Å²) in [7, 11) is 0. The van der Waals surface area contributed by atoms with Gasteiger partial charge in [0.15, 0.2) is 29.1 Å². The number of aliphatic hydroxyl groups excluding tert-OH is 1. The number of amidine groups is 4. The molecule has 24 heterocycles. The molecule has 4 aliphatic rings. The number of imidazole rings is 2. The van der Waals surface area contributed by atoms with E-state index >= 15 is 0 Å². The number of pyridine rings is 6. The Balaban J connectivity index is 0.0000000991. The lowest BCUT2D eigenvalue weighted by Gasteiger charge is -2.03. The zero-order valence-corrected chi connectivity index (χ0v) is 79.2. The van der Waals surface area contributed by atoms with Gasteiger partial charge in [0.05, 0.1) is 142 Å². The summed E-state index contributed by atoms with van der Waals surface area (Å²) in [5.41, 5.74) is 31.1. The van der Waals surface area contributed by atoms with Gasteiger partial charge in [0.1, 0.15) is 74.8 Å². The molecule has 0 aliphatic carbocycles. The lowest BCUT2D eigenvalue weighted by molar-refractivity contribution is 0.282. The van der Waals surface area contributed by atoms with Gasteiger partial charge in [0, 0.05) is 103 Å². The van der Waals surface area contributed by atoms with Gasteiger partial charge in [0.2, 0.25) is 0 Å². The molecule has 2 aromatic carbocycles. The average molecular weight is 1910 g/mol. The highest BCUT2D eigenvalue weighted by Gasteiger charge is 2.31. The number of aliphatic imine (C=N–C) groups is 8. The number of nitrogens with zero attached hydrogens (tertiary/aromatic N) is 25. The second-order valence-electron chi connectivity index (χ2n) is 31.9. The first-order chi connectivity index (χ1) is 67.3. The lowest BCUT2D eigenvalue weighted by Crippen LogP contribution is -2.03. The highest BCUT2D eigenvalue weighted by molar-refractivity contribution is 7.20. The minimum absolute atomic E-state index is 0.0219. The molecule has 672 valence electrons. The summed E-state index contributed by atoms with van der Waals surface area (Å²) < 4.78 is 15.5. The first-order valence-electron chi connectivity index (χ1n) is 43.9. The van der Waals surface area contributed by atoms with Gasteiger partial charge >= 0.3 is 0 Å². The Hall–Kier alpha value is -15.8. The van der Waals surface area contributed by atoms with E-state index in [1.165, 1.54) is 5.56 Å². The van der Waals surface area contributed by atoms with Crippen LogP contribution in [0.15, 0.2) is 281 Å². The molecule has 20 aromatic heterocycles. The van der Waals surface area contributed by atoms with Crippen molar-refractivity contribution in [2.75, 3.05) is 32.7 Å². The standard InChI is InChI=1S/C22H20N6S.C21H15N7S.C21H17N5OS.C19H15N5OS.C18H13N5S2/c1-14-19(28-13-15(9-10-23)7-8-17(28)26-14)22-27-18(16-5-3-2-4-6-16)20(29-22)21-24-11-12-25-21;1-12-16(15-4-2-3-9-28(15)27-12)21-26-17(18(29-21)20-23-7-8-24-20)14-10-13-5-6-22-19(13)25-11-14;1-13-17(16-4-2-3-11-26(16)25-13)21-24-18(15-7-5-14(12-27)6-8-15)19(28-21)20-22-9-10-23-20;1-11-6-7-14(25-11)16-17(18-20-8-9-21-18)26-19(22-16)15-12(2)23-24-10-4-3-5-13(15)24;1-11-14(12-5-2-3-9-23(12)22-11)18-21-15(13-6-4-10-24-13)16(25-18)17-19-7-8-20-17/h2-8,11-13H,9-10,23H2,1H3,(H,24,25);2-7,9-11H,8H2,1H3,(H,22,25);2-9,11,27H,10,12H2,1H3;3-8,10H,9H2,1-2H3;2-7,9-10H,8H2,1H3. The molecule has 5 N–H and O–H groups in total. The second kappa shape index (κ2) is 37.6. The highest BCUT2D eigenvalue weighted by Crippen LogP contribution is 2.46. The number of aromatic amines is 2. The van der Waals surface area contributed by atoms with E-state index in [9.17, 15) is 5.11 Å². The quantitative estimate of drug-likeness (QED) is 0.0620. The Labute approximate surface area is 805 Å². The van der Waals surface area contributed by atoms with Crippen molar-refractivity contribution in [1.29, 1.82) is 0 Å². The average Bonchev–Trinajstić information content (AvgIpc) is 1.61. The van der Waals surface area contributed by atoms with Gasteiger partial charge in [-0.25, -0.2) is 77.9 Å². The van der Waals surface area contributed by atoms with Crippen LogP contribution in [0.25, 0.3) is 158 Å². The molecule has 4 aliphatic heterocycles. The first kappa shape index (κ1) is 86.6. The predicted octanol–water partition coefficient (Wildman–Crippen LogP) is 20.7. The molecule has 0 saturated heterocycles. The number of thiazole rings is 5. The SMILES string of the molecule is Cc1ccc(-c2nc(-c3c(C)nn4ccccc34)sc2C2=NCC=N2)o1.Cc1nc2ccc(CCN)cn2c1-c1nc(-c2ccccc2)c(-c2ncc[nH]2)s1.Cc1nn2ccccc2c1-c1nc(-c2ccc(CO)cc2)c(C2=NCC=N2)s1.Cc1nn2ccccc2c1-c1nc(-c2cccs2)c(C2=NCC=N2)s1.Cc1nn2ccccc2c1-c1nc(-c2cnc3[nH]ccc3c2)c(C2=NCC=N2)s1. The van der Waals surface area contributed by atoms with Crippen LogP contribution in [0.2, 0.25) is 0 Å². The van der Waals surface area contributed by atoms with Gasteiger partial charge < -0.3 is 25.2 Å². The fraction of sp³-hybridized carbons (Fsp3) is 0.129. The molecule has 0 amide bonds. The monoisotopic (exact) mass is 1910 g/mol. The third-order valence-electron chi connectivity index (χ3n) is 22.9. The maximum atomic E-state index is 9.33. The number of hydrogen-bond acceptors (Lipinski definition) is 29. The summed E-state index contributed by atoms with van der Waals surface area (Å²) in [6, 6.07) is 58.5. The van der Waals surface area contributed by atoms with E-state index in [1.807, 2.05) is 249 Å². The van der Waals surface area contributed by atoms with E-state index in [4.69, 9.17) is 40.1 Å². The van der Waals surface area contributed by atoms with E-state index in [-0.39, 0.29) is 6.61 Å². The van der Waals surface area contributed by atoms with Gasteiger partial charge in [-0.1, -0.05) is 91.0 Å². The molecule has 0 bridgehead atoms. The van der Waals surface area contributed by atoms with E-state index in [2.05, 4.69) is 151 Å². The molecule has 0 unspecified atom stereocenters. The van der Waals surface area contributed by atoms with Crippen molar-refractivity contribution in [3.8, 4) is 119 Å². The van der Waals surface area contributed by atoms with Gasteiger partial charge in [-0.2, -0.15) is 20.4 Å². The van der Waals surface area contributed by atoms with Crippen LogP contribution in [0.1, 0.15) is 64.9 Å². The van der Waals surface area contributed by atoms with Crippen LogP contribution in [-0.2, 0) is 13.0 Å². The molecule has 0 atom stereocenters. The summed E-state index contributed by atoms with van der Waals surface area (Å²) in [4.78, 5) is 86.9. The minimum atomic E-state index is 0.0219. The molecule has 137 heavy (non-hydrogen) atoms.